The lowest BCUT2D eigenvalue weighted by Gasteiger charge is -2.31. The Balaban J connectivity index is 2.27. The van der Waals surface area contributed by atoms with Gasteiger partial charge in [0.2, 0.25) is 0 Å². The predicted molar refractivity (Wildman–Crippen MR) is 82.5 cm³/mol. The Labute approximate surface area is 128 Å². The van der Waals surface area contributed by atoms with Crippen LogP contribution in [0.4, 0.5) is 0 Å². The molecule has 0 radical (unpaired) electrons. The summed E-state index contributed by atoms with van der Waals surface area (Å²) < 4.78 is 10.6. The molecule has 112 valence electrons. The molecule has 1 atom stereocenters. The number of methoxy groups -OCH3 is 2. The largest absolute Gasteiger partial charge is 0.497 e. The van der Waals surface area contributed by atoms with Crippen LogP contribution in [0.3, 0.4) is 0 Å². The van der Waals surface area contributed by atoms with E-state index in [0.29, 0.717) is 28.2 Å². The molecule has 4 heteroatoms. The van der Waals surface area contributed by atoms with Gasteiger partial charge in [-0.05, 0) is 30.4 Å². The lowest BCUT2D eigenvalue weighted by molar-refractivity contribution is 0.0983. The van der Waals surface area contributed by atoms with Crippen molar-refractivity contribution in [2.24, 2.45) is 0 Å². The zero-order chi connectivity index (χ0) is 15.7. The molecule has 0 saturated heterocycles. The van der Waals surface area contributed by atoms with E-state index in [1.165, 1.54) is 19.3 Å². The third-order valence-electron chi connectivity index (χ3n) is 3.90. The van der Waals surface area contributed by atoms with E-state index in [9.17, 15) is 9.90 Å². The Morgan fingerprint density at radius 3 is 2.50 bits per heavy atom. The lowest BCUT2D eigenvalue weighted by atomic mass is 9.78. The molecule has 1 unspecified atom stereocenters. The first-order valence-corrected chi connectivity index (χ1v) is 6.88. The summed E-state index contributed by atoms with van der Waals surface area (Å²) in [6.07, 6.45) is 2.89. The predicted octanol–water partition coefficient (Wildman–Crippen LogP) is 2.69. The summed E-state index contributed by atoms with van der Waals surface area (Å²) in [6, 6.07) is 12.2. The van der Waals surface area contributed by atoms with Crippen molar-refractivity contribution in [3.63, 3.8) is 0 Å². The standard InChI is InChI=1S/C18H16O4/c1-21-12-7-8-17(22-2)15(11-12)18(20)10-9-16(19)13-5-3-4-6-14(13)18/h3-11,20H,1-2H3. The highest BCUT2D eigenvalue weighted by Gasteiger charge is 2.37. The summed E-state index contributed by atoms with van der Waals surface area (Å²) in [4.78, 5) is 12.0. The molecule has 2 aromatic carbocycles. The van der Waals surface area contributed by atoms with Crippen LogP contribution in [0.25, 0.3) is 0 Å². The fraction of sp³-hybridized carbons (Fsp3) is 0.167. The minimum Gasteiger partial charge on any atom is -0.497 e. The first-order chi connectivity index (χ1) is 10.6. The van der Waals surface area contributed by atoms with Gasteiger partial charge in [-0.25, -0.2) is 0 Å². The molecule has 0 aliphatic heterocycles. The zero-order valence-electron chi connectivity index (χ0n) is 12.4. The Kier molecular flexibility index (Phi) is 3.47. The van der Waals surface area contributed by atoms with Crippen LogP contribution in [0.5, 0.6) is 11.5 Å². The van der Waals surface area contributed by atoms with Gasteiger partial charge in [0, 0.05) is 16.7 Å². The SMILES string of the molecule is COc1ccc(OC)c(C2(O)C=CC(=O)c3ccccc32)c1. The molecular formula is C18H16O4. The second-order valence-corrected chi connectivity index (χ2v) is 5.08. The maximum Gasteiger partial charge on any atom is 0.186 e. The zero-order valence-corrected chi connectivity index (χ0v) is 12.4. The van der Waals surface area contributed by atoms with E-state index in [0.717, 1.165) is 0 Å². The molecule has 0 saturated carbocycles. The fourth-order valence-electron chi connectivity index (χ4n) is 2.75. The van der Waals surface area contributed by atoms with E-state index < -0.39 is 5.60 Å². The maximum atomic E-state index is 12.0. The maximum absolute atomic E-state index is 12.0. The average Bonchev–Trinajstić information content (AvgIpc) is 2.58. The van der Waals surface area contributed by atoms with Gasteiger partial charge in [-0.2, -0.15) is 0 Å². The van der Waals surface area contributed by atoms with E-state index in [1.54, 1.807) is 49.6 Å². The van der Waals surface area contributed by atoms with Crippen molar-refractivity contribution in [3.8, 4) is 11.5 Å². The molecule has 0 spiro atoms. The molecule has 0 heterocycles. The van der Waals surface area contributed by atoms with E-state index in [1.807, 2.05) is 0 Å². The topological polar surface area (TPSA) is 55.8 Å². The number of fused-ring (bicyclic) bond motifs is 1. The molecule has 1 N–H and O–H groups in total. The van der Waals surface area contributed by atoms with Crippen molar-refractivity contribution >= 4 is 5.78 Å². The van der Waals surface area contributed by atoms with Crippen LogP contribution in [0.2, 0.25) is 0 Å². The van der Waals surface area contributed by atoms with E-state index in [2.05, 4.69) is 0 Å². The molecular weight excluding hydrogens is 280 g/mol. The number of aliphatic hydroxyl groups is 1. The smallest absolute Gasteiger partial charge is 0.186 e. The molecule has 2 aromatic rings. The average molecular weight is 296 g/mol. The van der Waals surface area contributed by atoms with Gasteiger partial charge >= 0.3 is 0 Å². The minimum atomic E-state index is -1.44. The quantitative estimate of drug-likeness (QED) is 0.946. The van der Waals surface area contributed by atoms with Gasteiger partial charge in [0.25, 0.3) is 0 Å². The molecule has 1 aliphatic rings. The summed E-state index contributed by atoms with van der Waals surface area (Å²) in [6.45, 7) is 0. The van der Waals surface area contributed by atoms with Crippen molar-refractivity contribution in [3.05, 3.63) is 71.3 Å². The van der Waals surface area contributed by atoms with Gasteiger partial charge < -0.3 is 14.6 Å². The Morgan fingerprint density at radius 1 is 1.00 bits per heavy atom. The Morgan fingerprint density at radius 2 is 1.77 bits per heavy atom. The van der Waals surface area contributed by atoms with Gasteiger partial charge in [-0.15, -0.1) is 0 Å². The van der Waals surface area contributed by atoms with Crippen LogP contribution in [-0.4, -0.2) is 25.1 Å². The summed E-state index contributed by atoms with van der Waals surface area (Å²) in [5.74, 6) is 1.01. The lowest BCUT2D eigenvalue weighted by Crippen LogP contribution is -2.30. The van der Waals surface area contributed by atoms with Crippen molar-refractivity contribution in [2.75, 3.05) is 14.2 Å². The van der Waals surface area contributed by atoms with E-state index in [4.69, 9.17) is 9.47 Å². The van der Waals surface area contributed by atoms with Crippen LogP contribution in [-0.2, 0) is 5.60 Å². The number of allylic oxidation sites excluding steroid dienone is 1. The second kappa shape index (κ2) is 5.31. The number of benzene rings is 2. The van der Waals surface area contributed by atoms with Crippen LogP contribution < -0.4 is 9.47 Å². The molecule has 0 fully saturated rings. The molecule has 22 heavy (non-hydrogen) atoms. The molecule has 1 aliphatic carbocycles. The fourth-order valence-corrected chi connectivity index (χ4v) is 2.75. The molecule has 3 rings (SSSR count). The number of rotatable bonds is 3. The molecule has 0 bridgehead atoms. The van der Waals surface area contributed by atoms with Crippen LogP contribution in [0.1, 0.15) is 21.5 Å². The summed E-state index contributed by atoms with van der Waals surface area (Å²) in [5, 5.41) is 11.3. The number of carbonyl (C=O) groups excluding carboxylic acids is 1. The van der Waals surface area contributed by atoms with Gasteiger partial charge in [0.15, 0.2) is 5.78 Å². The normalized spacial score (nSPS) is 19.7. The monoisotopic (exact) mass is 296 g/mol. The highest BCUT2D eigenvalue weighted by molar-refractivity contribution is 6.07. The van der Waals surface area contributed by atoms with Gasteiger partial charge in [-0.1, -0.05) is 24.3 Å². The van der Waals surface area contributed by atoms with Crippen molar-refractivity contribution in [1.82, 2.24) is 0 Å². The number of ether oxygens (including phenoxy) is 2. The number of hydrogen-bond donors (Lipinski definition) is 1. The Bertz CT molecular complexity index is 763. The minimum absolute atomic E-state index is 0.123. The van der Waals surface area contributed by atoms with E-state index >= 15 is 0 Å². The third-order valence-corrected chi connectivity index (χ3v) is 3.90. The first kappa shape index (κ1) is 14.4. The molecule has 0 amide bonds. The van der Waals surface area contributed by atoms with Gasteiger partial charge in [-0.3, -0.25) is 4.79 Å². The Hall–Kier alpha value is -2.59. The van der Waals surface area contributed by atoms with Gasteiger partial charge in [0.05, 0.1) is 14.2 Å². The highest BCUT2D eigenvalue weighted by atomic mass is 16.5. The number of carbonyl (C=O) groups is 1. The summed E-state index contributed by atoms with van der Waals surface area (Å²) in [5.41, 5.74) is 0.113. The van der Waals surface area contributed by atoms with Crippen molar-refractivity contribution < 1.29 is 19.4 Å². The molecule has 4 nitrogen and oxygen atoms in total. The van der Waals surface area contributed by atoms with Crippen LogP contribution in [0, 0.1) is 0 Å². The van der Waals surface area contributed by atoms with Crippen LogP contribution >= 0.6 is 0 Å². The number of hydrogen-bond acceptors (Lipinski definition) is 4. The third kappa shape index (κ3) is 2.09. The van der Waals surface area contributed by atoms with Crippen LogP contribution in [0.15, 0.2) is 54.6 Å². The molecule has 0 aromatic heterocycles. The first-order valence-electron chi connectivity index (χ1n) is 6.88. The number of ketones is 1. The van der Waals surface area contributed by atoms with Gasteiger partial charge in [0.1, 0.15) is 17.1 Å². The van der Waals surface area contributed by atoms with Crippen molar-refractivity contribution in [1.29, 1.82) is 0 Å². The second-order valence-electron chi connectivity index (χ2n) is 5.08. The summed E-state index contributed by atoms with van der Waals surface area (Å²) >= 11 is 0. The van der Waals surface area contributed by atoms with Crippen molar-refractivity contribution in [2.45, 2.75) is 5.60 Å². The summed E-state index contributed by atoms with van der Waals surface area (Å²) in [7, 11) is 3.10. The van der Waals surface area contributed by atoms with E-state index in [-0.39, 0.29) is 5.78 Å². The highest BCUT2D eigenvalue weighted by Crippen LogP contribution is 2.42.